The van der Waals surface area contributed by atoms with E-state index in [1.54, 1.807) is 0 Å². The van der Waals surface area contributed by atoms with Crippen LogP contribution in [0.4, 0.5) is 0 Å². The van der Waals surface area contributed by atoms with E-state index in [4.69, 9.17) is 4.98 Å². The van der Waals surface area contributed by atoms with Crippen molar-refractivity contribution >= 4 is 21.8 Å². The molecule has 0 spiro atoms. The molecule has 2 aromatic carbocycles. The highest BCUT2D eigenvalue weighted by Gasteiger charge is 2.21. The van der Waals surface area contributed by atoms with Crippen molar-refractivity contribution in [3.05, 3.63) is 72.7 Å². The van der Waals surface area contributed by atoms with Gasteiger partial charge in [-0.15, -0.1) is 0 Å². The van der Waals surface area contributed by atoms with Gasteiger partial charge in [0, 0.05) is 41.7 Å². The number of fused-ring (bicyclic) bond motifs is 2. The molecule has 6 heteroatoms. The summed E-state index contributed by atoms with van der Waals surface area (Å²) in [7, 11) is 1.96. The van der Waals surface area contributed by atoms with Gasteiger partial charge in [-0.1, -0.05) is 25.1 Å². The van der Waals surface area contributed by atoms with E-state index in [0.717, 1.165) is 46.4 Å². The van der Waals surface area contributed by atoms with Crippen LogP contribution in [0, 0.1) is 17.2 Å². The number of likely N-dealkylation sites (tertiary alicyclic amines) is 1. The number of nitrogens with zero attached hydrogens (tertiary/aromatic N) is 6. The molecule has 0 amide bonds. The van der Waals surface area contributed by atoms with Gasteiger partial charge in [0.15, 0.2) is 0 Å². The number of hydrogen-bond acceptors (Lipinski definition) is 4. The molecule has 6 nitrogen and oxygen atoms in total. The summed E-state index contributed by atoms with van der Waals surface area (Å²) in [5.41, 5.74) is 7.12. The van der Waals surface area contributed by atoms with E-state index in [1.165, 1.54) is 36.8 Å². The topological polar surface area (TPSA) is 62.7 Å². The van der Waals surface area contributed by atoms with Crippen LogP contribution in [0.25, 0.3) is 44.2 Å². The average Bonchev–Trinajstić information content (AvgIpc) is 3.51. The number of aromatic nitrogens is 4. The molecule has 36 heavy (non-hydrogen) atoms. The molecule has 0 atom stereocenters. The molecule has 3 aromatic heterocycles. The molecule has 4 heterocycles. The lowest BCUT2D eigenvalue weighted by Crippen LogP contribution is -2.34. The first-order valence-electron chi connectivity index (χ1n) is 12.8. The smallest absolute Gasteiger partial charge is 0.0991 e. The van der Waals surface area contributed by atoms with Crippen molar-refractivity contribution in [3.8, 4) is 28.5 Å². The predicted octanol–water partition coefficient (Wildman–Crippen LogP) is 5.86. The Morgan fingerprint density at radius 3 is 2.50 bits per heavy atom. The summed E-state index contributed by atoms with van der Waals surface area (Å²) in [4.78, 5) is 7.58. The Balaban J connectivity index is 1.46. The number of rotatable bonds is 5. The number of piperidine rings is 1. The fourth-order valence-electron chi connectivity index (χ4n) is 5.61. The molecular formula is C30H30N6. The van der Waals surface area contributed by atoms with Crippen LogP contribution in [-0.2, 0) is 13.6 Å². The molecule has 180 valence electrons. The number of hydrogen-bond donors (Lipinski definition) is 0. The standard InChI is InChI=1S/C30H30N6/c1-3-35-13-10-22(11-14-35)20-36-15-12-26-28(36)19-32-30(29(26)23-6-4-21(17-31)5-7-23)24-8-9-27-25(16-24)18-33-34(27)2/h4-9,12,15-16,18-19,22H,3,10-11,13-14,20H2,1-2H3. The SMILES string of the molecule is CCN1CCC(Cn2ccc3c(-c4ccc(C#N)cc4)c(-c4ccc5c(cnn5C)c4)ncc32)CC1. The number of pyridine rings is 1. The average molecular weight is 475 g/mol. The van der Waals surface area contributed by atoms with Crippen LogP contribution in [0.15, 0.2) is 67.1 Å². The van der Waals surface area contributed by atoms with Gasteiger partial charge < -0.3 is 9.47 Å². The Morgan fingerprint density at radius 2 is 1.75 bits per heavy atom. The van der Waals surface area contributed by atoms with E-state index in [-0.39, 0.29) is 0 Å². The van der Waals surface area contributed by atoms with E-state index in [0.29, 0.717) is 11.5 Å². The molecule has 0 saturated carbocycles. The lowest BCUT2D eigenvalue weighted by atomic mass is 9.95. The van der Waals surface area contributed by atoms with Crippen LogP contribution in [0.2, 0.25) is 0 Å². The summed E-state index contributed by atoms with van der Waals surface area (Å²) in [6.45, 7) is 6.80. The number of benzene rings is 2. The maximum atomic E-state index is 9.32. The van der Waals surface area contributed by atoms with Gasteiger partial charge in [-0.05, 0) is 74.3 Å². The number of aryl methyl sites for hydroxylation is 1. The number of nitriles is 1. The molecule has 1 aliphatic rings. The Labute approximate surface area is 211 Å². The monoisotopic (exact) mass is 474 g/mol. The zero-order valence-corrected chi connectivity index (χ0v) is 20.9. The van der Waals surface area contributed by atoms with Crippen molar-refractivity contribution in [2.45, 2.75) is 26.3 Å². The van der Waals surface area contributed by atoms with Gasteiger partial charge in [0.1, 0.15) is 0 Å². The van der Waals surface area contributed by atoms with Crippen LogP contribution in [0.3, 0.4) is 0 Å². The fourth-order valence-corrected chi connectivity index (χ4v) is 5.61. The molecule has 0 N–H and O–H groups in total. The summed E-state index contributed by atoms with van der Waals surface area (Å²) < 4.78 is 4.28. The highest BCUT2D eigenvalue weighted by molar-refractivity contribution is 6.02. The van der Waals surface area contributed by atoms with Gasteiger partial charge in [-0.3, -0.25) is 9.67 Å². The van der Waals surface area contributed by atoms with Crippen molar-refractivity contribution < 1.29 is 0 Å². The van der Waals surface area contributed by atoms with E-state index in [2.05, 4.69) is 58.0 Å². The Bertz CT molecular complexity index is 1580. The molecule has 5 aromatic rings. The third kappa shape index (κ3) is 3.96. The van der Waals surface area contributed by atoms with E-state index in [9.17, 15) is 5.26 Å². The normalized spacial score (nSPS) is 15.0. The van der Waals surface area contributed by atoms with Crippen LogP contribution >= 0.6 is 0 Å². The van der Waals surface area contributed by atoms with Crippen molar-refractivity contribution in [2.75, 3.05) is 19.6 Å². The maximum absolute atomic E-state index is 9.32. The molecule has 1 saturated heterocycles. The van der Waals surface area contributed by atoms with E-state index >= 15 is 0 Å². The highest BCUT2D eigenvalue weighted by atomic mass is 15.2. The molecule has 0 aliphatic carbocycles. The molecule has 0 unspecified atom stereocenters. The lowest BCUT2D eigenvalue weighted by molar-refractivity contribution is 0.182. The first-order chi connectivity index (χ1) is 17.6. The largest absolute Gasteiger partial charge is 0.346 e. The zero-order valence-electron chi connectivity index (χ0n) is 20.9. The molecule has 6 rings (SSSR count). The second-order valence-electron chi connectivity index (χ2n) is 9.86. The Hall–Kier alpha value is -3.95. The molecule has 0 radical (unpaired) electrons. The molecule has 1 fully saturated rings. The maximum Gasteiger partial charge on any atom is 0.0991 e. The van der Waals surface area contributed by atoms with Gasteiger partial charge >= 0.3 is 0 Å². The van der Waals surface area contributed by atoms with Crippen LogP contribution in [0.1, 0.15) is 25.3 Å². The lowest BCUT2D eigenvalue weighted by Gasteiger charge is -2.31. The molecule has 1 aliphatic heterocycles. The summed E-state index contributed by atoms with van der Waals surface area (Å²) in [5, 5.41) is 16.0. The minimum absolute atomic E-state index is 0.660. The summed E-state index contributed by atoms with van der Waals surface area (Å²) in [6, 6.07) is 18.7. The van der Waals surface area contributed by atoms with Gasteiger partial charge in [0.2, 0.25) is 0 Å². The van der Waals surface area contributed by atoms with Crippen molar-refractivity contribution in [1.82, 2.24) is 24.2 Å². The zero-order chi connectivity index (χ0) is 24.6. The van der Waals surface area contributed by atoms with Gasteiger partial charge in [-0.25, -0.2) is 0 Å². The van der Waals surface area contributed by atoms with E-state index < -0.39 is 0 Å². The highest BCUT2D eigenvalue weighted by Crippen LogP contribution is 2.38. The predicted molar refractivity (Wildman–Crippen MR) is 144 cm³/mol. The minimum Gasteiger partial charge on any atom is -0.346 e. The van der Waals surface area contributed by atoms with Crippen molar-refractivity contribution in [2.24, 2.45) is 13.0 Å². The first-order valence-corrected chi connectivity index (χ1v) is 12.8. The summed E-state index contributed by atoms with van der Waals surface area (Å²) >= 11 is 0. The quantitative estimate of drug-likeness (QED) is 0.320. The van der Waals surface area contributed by atoms with E-state index in [1.807, 2.05) is 48.4 Å². The second-order valence-corrected chi connectivity index (χ2v) is 9.86. The molecular weight excluding hydrogens is 444 g/mol. The third-order valence-corrected chi connectivity index (χ3v) is 7.76. The fraction of sp³-hybridized carbons (Fsp3) is 0.300. The van der Waals surface area contributed by atoms with Gasteiger partial charge in [0.05, 0.1) is 40.8 Å². The Morgan fingerprint density at radius 1 is 0.972 bits per heavy atom. The van der Waals surface area contributed by atoms with Crippen molar-refractivity contribution in [3.63, 3.8) is 0 Å². The second kappa shape index (κ2) is 9.25. The first kappa shape index (κ1) is 22.5. The van der Waals surface area contributed by atoms with Crippen LogP contribution < -0.4 is 0 Å². The molecule has 0 bridgehead atoms. The van der Waals surface area contributed by atoms with Crippen molar-refractivity contribution in [1.29, 1.82) is 5.26 Å². The summed E-state index contributed by atoms with van der Waals surface area (Å²) in [6.07, 6.45) is 8.64. The third-order valence-electron chi connectivity index (χ3n) is 7.76. The summed E-state index contributed by atoms with van der Waals surface area (Å²) in [5.74, 6) is 0.689. The Kier molecular flexibility index (Phi) is 5.79. The van der Waals surface area contributed by atoms with Crippen LogP contribution in [0.5, 0.6) is 0 Å². The van der Waals surface area contributed by atoms with Gasteiger partial charge in [-0.2, -0.15) is 10.4 Å². The van der Waals surface area contributed by atoms with Crippen LogP contribution in [-0.4, -0.2) is 43.9 Å². The minimum atomic E-state index is 0.660. The van der Waals surface area contributed by atoms with Gasteiger partial charge in [0.25, 0.3) is 0 Å².